The maximum atomic E-state index is 5.14. The van der Waals surface area contributed by atoms with Crippen LogP contribution < -0.4 is 10.2 Å². The number of fused-ring (bicyclic) bond motifs is 1. The summed E-state index contributed by atoms with van der Waals surface area (Å²) in [5.74, 6) is 0.810. The Balaban J connectivity index is 1.95. The van der Waals surface area contributed by atoms with Crippen molar-refractivity contribution in [2.24, 2.45) is 0 Å². The van der Waals surface area contributed by atoms with Crippen molar-refractivity contribution >= 4 is 17.0 Å². The molecule has 7 heteroatoms. The Hall–Kier alpha value is -1.73. The van der Waals surface area contributed by atoms with Crippen molar-refractivity contribution in [3.8, 4) is 0 Å². The van der Waals surface area contributed by atoms with Crippen molar-refractivity contribution in [2.75, 3.05) is 44.8 Å². The van der Waals surface area contributed by atoms with E-state index in [1.807, 2.05) is 10.9 Å². The maximum Gasteiger partial charge on any atom is 0.226 e. The molecule has 1 fully saturated rings. The summed E-state index contributed by atoms with van der Waals surface area (Å²) < 4.78 is 7.08. The van der Waals surface area contributed by atoms with Crippen LogP contribution in [0.3, 0.4) is 0 Å². The van der Waals surface area contributed by atoms with Crippen LogP contribution >= 0.6 is 0 Å². The molecule has 0 amide bonds. The number of hydrogen-bond donors (Lipinski definition) is 1. The highest BCUT2D eigenvalue weighted by Crippen LogP contribution is 2.19. The van der Waals surface area contributed by atoms with Crippen LogP contribution in [0.5, 0.6) is 0 Å². The van der Waals surface area contributed by atoms with Gasteiger partial charge in [0.05, 0.1) is 25.0 Å². The van der Waals surface area contributed by atoms with E-state index < -0.39 is 0 Å². The molecule has 0 aromatic carbocycles. The van der Waals surface area contributed by atoms with Gasteiger partial charge in [0.1, 0.15) is 11.0 Å². The smallest absolute Gasteiger partial charge is 0.226 e. The zero-order valence-electron chi connectivity index (χ0n) is 12.7. The van der Waals surface area contributed by atoms with Gasteiger partial charge in [-0.05, 0) is 6.42 Å². The summed E-state index contributed by atoms with van der Waals surface area (Å²) in [4.78, 5) is 11.5. The van der Waals surface area contributed by atoms with Crippen molar-refractivity contribution in [1.29, 1.82) is 0 Å². The van der Waals surface area contributed by atoms with Crippen LogP contribution in [-0.2, 0) is 17.7 Å². The standard InChI is InChI=1S/C14H22N6O/c1-3-11-13-12(20(18-11)8-9-21-2)10-16-14(17-13)19-6-4-15-5-7-19/h10,15H,3-9H2,1-2H3. The first-order chi connectivity index (χ1) is 10.3. The van der Waals surface area contributed by atoms with Gasteiger partial charge in [0, 0.05) is 33.3 Å². The highest BCUT2D eigenvalue weighted by molar-refractivity contribution is 5.78. The molecular weight excluding hydrogens is 268 g/mol. The van der Waals surface area contributed by atoms with Gasteiger partial charge < -0.3 is 15.0 Å². The third-order valence-electron chi connectivity index (χ3n) is 3.79. The van der Waals surface area contributed by atoms with Crippen molar-refractivity contribution < 1.29 is 4.74 Å². The number of anilines is 1. The molecule has 1 saturated heterocycles. The number of aryl methyl sites for hydroxylation is 1. The summed E-state index contributed by atoms with van der Waals surface area (Å²) in [6, 6.07) is 0. The van der Waals surface area contributed by atoms with E-state index in [1.54, 1.807) is 7.11 Å². The number of ether oxygens (including phenoxy) is 1. The maximum absolute atomic E-state index is 5.14. The lowest BCUT2D eigenvalue weighted by Gasteiger charge is -2.27. The highest BCUT2D eigenvalue weighted by Gasteiger charge is 2.17. The van der Waals surface area contributed by atoms with E-state index in [2.05, 4.69) is 27.2 Å². The molecule has 21 heavy (non-hydrogen) atoms. The number of hydrogen-bond acceptors (Lipinski definition) is 6. The summed E-state index contributed by atoms with van der Waals surface area (Å²) in [5, 5.41) is 7.98. The molecule has 0 bridgehead atoms. The van der Waals surface area contributed by atoms with Crippen LogP contribution in [-0.4, -0.2) is 59.6 Å². The molecule has 3 rings (SSSR count). The molecule has 0 aliphatic carbocycles. The van der Waals surface area contributed by atoms with Crippen LogP contribution in [0.1, 0.15) is 12.6 Å². The van der Waals surface area contributed by atoms with E-state index in [0.29, 0.717) is 6.61 Å². The lowest BCUT2D eigenvalue weighted by molar-refractivity contribution is 0.184. The first-order valence-corrected chi connectivity index (χ1v) is 7.50. The average Bonchev–Trinajstić information content (AvgIpc) is 2.91. The summed E-state index contributed by atoms with van der Waals surface area (Å²) in [7, 11) is 1.70. The van der Waals surface area contributed by atoms with Gasteiger partial charge in [-0.25, -0.2) is 9.97 Å². The Morgan fingerprint density at radius 2 is 2.14 bits per heavy atom. The second-order valence-corrected chi connectivity index (χ2v) is 5.16. The summed E-state index contributed by atoms with van der Waals surface area (Å²) in [5.41, 5.74) is 2.99. The Morgan fingerprint density at radius 3 is 2.86 bits per heavy atom. The number of nitrogens with zero attached hydrogens (tertiary/aromatic N) is 5. The van der Waals surface area contributed by atoms with Crippen LogP contribution in [0.15, 0.2) is 6.20 Å². The second-order valence-electron chi connectivity index (χ2n) is 5.16. The van der Waals surface area contributed by atoms with E-state index in [0.717, 1.165) is 61.8 Å². The molecule has 0 saturated carbocycles. The molecule has 1 N–H and O–H groups in total. The largest absolute Gasteiger partial charge is 0.383 e. The number of aromatic nitrogens is 4. The molecule has 0 atom stereocenters. The third kappa shape index (κ3) is 2.84. The Labute approximate surface area is 124 Å². The molecule has 0 unspecified atom stereocenters. The van der Waals surface area contributed by atoms with Gasteiger partial charge >= 0.3 is 0 Å². The van der Waals surface area contributed by atoms with E-state index >= 15 is 0 Å². The summed E-state index contributed by atoms with van der Waals surface area (Å²) in [6.07, 6.45) is 2.76. The predicted molar refractivity (Wildman–Crippen MR) is 81.7 cm³/mol. The number of rotatable bonds is 5. The molecule has 0 radical (unpaired) electrons. The van der Waals surface area contributed by atoms with Gasteiger partial charge in [-0.2, -0.15) is 5.10 Å². The summed E-state index contributed by atoms with van der Waals surface area (Å²) >= 11 is 0. The van der Waals surface area contributed by atoms with E-state index in [4.69, 9.17) is 9.72 Å². The molecular formula is C14H22N6O. The fourth-order valence-corrected chi connectivity index (χ4v) is 2.62. The van der Waals surface area contributed by atoms with Crippen molar-refractivity contribution in [3.05, 3.63) is 11.9 Å². The fourth-order valence-electron chi connectivity index (χ4n) is 2.62. The monoisotopic (exact) mass is 290 g/mol. The SMILES string of the molecule is CCc1nn(CCOC)c2cnc(N3CCNCC3)nc12. The normalized spacial score (nSPS) is 15.8. The average molecular weight is 290 g/mol. The minimum Gasteiger partial charge on any atom is -0.383 e. The molecule has 1 aliphatic rings. The van der Waals surface area contributed by atoms with Crippen molar-refractivity contribution in [1.82, 2.24) is 25.1 Å². The van der Waals surface area contributed by atoms with Gasteiger partial charge in [0.15, 0.2) is 0 Å². The quantitative estimate of drug-likeness (QED) is 0.862. The van der Waals surface area contributed by atoms with E-state index in [-0.39, 0.29) is 0 Å². The van der Waals surface area contributed by atoms with E-state index in [9.17, 15) is 0 Å². The Morgan fingerprint density at radius 1 is 1.33 bits per heavy atom. The molecule has 2 aromatic heterocycles. The van der Waals surface area contributed by atoms with Gasteiger partial charge in [-0.3, -0.25) is 4.68 Å². The molecule has 0 spiro atoms. The third-order valence-corrected chi connectivity index (χ3v) is 3.79. The number of nitrogens with one attached hydrogen (secondary N) is 1. The Kier molecular flexibility index (Phi) is 4.31. The van der Waals surface area contributed by atoms with Gasteiger partial charge in [-0.1, -0.05) is 6.92 Å². The zero-order valence-corrected chi connectivity index (χ0v) is 12.7. The topological polar surface area (TPSA) is 68.1 Å². The lowest BCUT2D eigenvalue weighted by Crippen LogP contribution is -2.44. The highest BCUT2D eigenvalue weighted by atomic mass is 16.5. The molecule has 114 valence electrons. The van der Waals surface area contributed by atoms with Crippen LogP contribution in [0, 0.1) is 0 Å². The van der Waals surface area contributed by atoms with Crippen molar-refractivity contribution in [3.63, 3.8) is 0 Å². The minimum atomic E-state index is 0.638. The number of piperazine rings is 1. The predicted octanol–water partition coefficient (Wildman–Crippen LogP) is 0.445. The number of methoxy groups -OCH3 is 1. The fraction of sp³-hybridized carbons (Fsp3) is 0.643. The first kappa shape index (κ1) is 14.2. The van der Waals surface area contributed by atoms with Crippen LogP contribution in [0.25, 0.3) is 11.0 Å². The van der Waals surface area contributed by atoms with Crippen LogP contribution in [0.2, 0.25) is 0 Å². The first-order valence-electron chi connectivity index (χ1n) is 7.50. The molecule has 1 aliphatic heterocycles. The molecule has 3 heterocycles. The molecule has 2 aromatic rings. The second kappa shape index (κ2) is 6.36. The zero-order chi connectivity index (χ0) is 14.7. The van der Waals surface area contributed by atoms with Gasteiger partial charge in [-0.15, -0.1) is 0 Å². The minimum absolute atomic E-state index is 0.638. The van der Waals surface area contributed by atoms with E-state index in [1.165, 1.54) is 0 Å². The lowest BCUT2D eigenvalue weighted by atomic mass is 10.3. The van der Waals surface area contributed by atoms with Gasteiger partial charge in [0.25, 0.3) is 0 Å². The Bertz CT molecular complexity index is 605. The van der Waals surface area contributed by atoms with Crippen molar-refractivity contribution in [2.45, 2.75) is 19.9 Å². The molecule has 7 nitrogen and oxygen atoms in total. The van der Waals surface area contributed by atoms with Gasteiger partial charge in [0.2, 0.25) is 5.95 Å². The van der Waals surface area contributed by atoms with Crippen LogP contribution in [0.4, 0.5) is 5.95 Å². The summed E-state index contributed by atoms with van der Waals surface area (Å²) in [6.45, 7) is 7.33.